The highest BCUT2D eigenvalue weighted by Gasteiger charge is 2.06. The highest BCUT2D eigenvalue weighted by molar-refractivity contribution is 8.14. The number of thioether (sulfide) groups is 2. The van der Waals surface area contributed by atoms with Gasteiger partial charge in [-0.25, -0.2) is 4.99 Å². The zero-order valence-corrected chi connectivity index (χ0v) is 15.3. The van der Waals surface area contributed by atoms with E-state index in [1.165, 1.54) is 5.56 Å². The van der Waals surface area contributed by atoms with Gasteiger partial charge in [-0.1, -0.05) is 72.1 Å². The van der Waals surface area contributed by atoms with Crippen molar-refractivity contribution in [2.45, 2.75) is 5.75 Å². The molecule has 0 amide bonds. The van der Waals surface area contributed by atoms with Gasteiger partial charge in [-0.3, -0.25) is 0 Å². The van der Waals surface area contributed by atoms with Crippen LogP contribution in [0.15, 0.2) is 70.6 Å². The van der Waals surface area contributed by atoms with Gasteiger partial charge in [-0.15, -0.1) is 0 Å². The van der Waals surface area contributed by atoms with E-state index in [4.69, 9.17) is 4.99 Å². The number of aliphatic imine (C=N–C) groups is 2. The van der Waals surface area contributed by atoms with E-state index in [1.807, 2.05) is 61.6 Å². The molecule has 120 valence electrons. The summed E-state index contributed by atoms with van der Waals surface area (Å²) in [6.07, 6.45) is 2.00. The van der Waals surface area contributed by atoms with Crippen LogP contribution in [0.3, 0.4) is 0 Å². The Morgan fingerprint density at radius 2 is 1.57 bits per heavy atom. The van der Waals surface area contributed by atoms with Gasteiger partial charge in [-0.05, 0) is 24.0 Å². The number of rotatable bonds is 3. The molecule has 0 unspecified atom stereocenters. The summed E-state index contributed by atoms with van der Waals surface area (Å²) in [4.78, 5) is 11.4. The molecule has 0 bridgehead atoms. The first kappa shape index (κ1) is 17.6. The summed E-state index contributed by atoms with van der Waals surface area (Å²) in [7, 11) is 4.02. The van der Waals surface area contributed by atoms with E-state index >= 15 is 0 Å². The van der Waals surface area contributed by atoms with Gasteiger partial charge in [0, 0.05) is 19.8 Å². The molecule has 0 aromatic heterocycles. The molecule has 0 atom stereocenters. The predicted octanol–water partition coefficient (Wildman–Crippen LogP) is 4.89. The number of benzene rings is 2. The fourth-order valence-electron chi connectivity index (χ4n) is 1.79. The zero-order chi connectivity index (χ0) is 16.5. The lowest BCUT2D eigenvalue weighted by atomic mass is 10.2. The highest BCUT2D eigenvalue weighted by Crippen LogP contribution is 2.19. The maximum atomic E-state index is 4.72. The molecular formula is C18H21N3S2. The van der Waals surface area contributed by atoms with Crippen LogP contribution in [0.4, 0.5) is 5.69 Å². The van der Waals surface area contributed by atoms with E-state index in [9.17, 15) is 0 Å². The standard InChI is InChI=1S/C18H21N3S2/c1-21(2)18(23-14-15-10-6-4-7-11-15)20-17(22-3)19-16-12-8-5-9-13-16/h4-13H,14H2,1-3H3/b19-17?,20-18-. The van der Waals surface area contributed by atoms with Crippen molar-refractivity contribution < 1.29 is 0 Å². The second-order valence-electron chi connectivity index (χ2n) is 5.00. The van der Waals surface area contributed by atoms with E-state index in [0.717, 1.165) is 21.8 Å². The van der Waals surface area contributed by atoms with Gasteiger partial charge < -0.3 is 4.90 Å². The Hall–Kier alpha value is -1.72. The molecule has 0 radical (unpaired) electrons. The zero-order valence-electron chi connectivity index (χ0n) is 13.6. The molecule has 2 rings (SSSR count). The fraction of sp³-hybridized carbons (Fsp3) is 0.222. The van der Waals surface area contributed by atoms with Gasteiger partial charge in [-0.2, -0.15) is 4.99 Å². The van der Waals surface area contributed by atoms with Crippen molar-refractivity contribution in [1.29, 1.82) is 0 Å². The Kier molecular flexibility index (Phi) is 7.23. The summed E-state index contributed by atoms with van der Waals surface area (Å²) < 4.78 is 0. The highest BCUT2D eigenvalue weighted by atomic mass is 32.2. The summed E-state index contributed by atoms with van der Waals surface area (Å²) in [5.74, 6) is 0.894. The molecule has 0 saturated heterocycles. The Balaban J connectivity index is 2.14. The summed E-state index contributed by atoms with van der Waals surface area (Å²) in [5.41, 5.74) is 2.21. The number of amidine groups is 2. The van der Waals surface area contributed by atoms with Gasteiger partial charge >= 0.3 is 0 Å². The first-order valence-corrected chi connectivity index (χ1v) is 9.50. The molecule has 0 aliphatic heterocycles. The molecule has 0 aliphatic rings. The lowest BCUT2D eigenvalue weighted by Gasteiger charge is -2.15. The third-order valence-corrected chi connectivity index (χ3v) is 4.69. The Morgan fingerprint density at radius 1 is 0.957 bits per heavy atom. The van der Waals surface area contributed by atoms with E-state index < -0.39 is 0 Å². The van der Waals surface area contributed by atoms with E-state index in [1.54, 1.807) is 23.5 Å². The quantitative estimate of drug-likeness (QED) is 0.587. The van der Waals surface area contributed by atoms with E-state index in [-0.39, 0.29) is 0 Å². The molecule has 2 aromatic rings. The number of hydrogen-bond donors (Lipinski definition) is 0. The normalized spacial score (nSPS) is 12.3. The Morgan fingerprint density at radius 3 is 2.13 bits per heavy atom. The average molecular weight is 344 g/mol. The molecule has 0 spiro atoms. The summed E-state index contributed by atoms with van der Waals surface area (Å²) in [6.45, 7) is 0. The van der Waals surface area contributed by atoms with Crippen LogP contribution in [0.2, 0.25) is 0 Å². The molecule has 23 heavy (non-hydrogen) atoms. The molecule has 3 nitrogen and oxygen atoms in total. The largest absolute Gasteiger partial charge is 0.357 e. The monoisotopic (exact) mass is 343 g/mol. The fourth-order valence-corrected chi connectivity index (χ4v) is 3.12. The number of hydrogen-bond acceptors (Lipinski definition) is 3. The minimum Gasteiger partial charge on any atom is -0.357 e. The van der Waals surface area contributed by atoms with Crippen molar-refractivity contribution in [3.63, 3.8) is 0 Å². The third-order valence-electron chi connectivity index (χ3n) is 2.95. The van der Waals surface area contributed by atoms with Crippen molar-refractivity contribution in [3.8, 4) is 0 Å². The summed E-state index contributed by atoms with van der Waals surface area (Å²) >= 11 is 3.27. The lowest BCUT2D eigenvalue weighted by Crippen LogP contribution is -2.20. The molecule has 0 aliphatic carbocycles. The second kappa shape index (κ2) is 9.43. The maximum absolute atomic E-state index is 4.72. The topological polar surface area (TPSA) is 28.0 Å². The molecule has 0 heterocycles. The van der Waals surface area contributed by atoms with Gasteiger partial charge in [0.2, 0.25) is 0 Å². The number of para-hydroxylation sites is 1. The van der Waals surface area contributed by atoms with Crippen LogP contribution in [-0.2, 0) is 5.75 Å². The molecule has 0 fully saturated rings. The van der Waals surface area contributed by atoms with Crippen molar-refractivity contribution in [3.05, 3.63) is 66.2 Å². The van der Waals surface area contributed by atoms with Gasteiger partial charge in [0.05, 0.1) is 5.69 Å². The summed E-state index contributed by atoms with van der Waals surface area (Å²) in [6, 6.07) is 20.3. The van der Waals surface area contributed by atoms with Crippen LogP contribution >= 0.6 is 23.5 Å². The van der Waals surface area contributed by atoms with Crippen LogP contribution in [0.1, 0.15) is 5.56 Å². The molecule has 5 heteroatoms. The first-order valence-electron chi connectivity index (χ1n) is 7.29. The lowest BCUT2D eigenvalue weighted by molar-refractivity contribution is 0.637. The Bertz CT molecular complexity index is 652. The van der Waals surface area contributed by atoms with Crippen LogP contribution in [-0.4, -0.2) is 35.6 Å². The van der Waals surface area contributed by atoms with Crippen LogP contribution in [0.25, 0.3) is 0 Å². The van der Waals surface area contributed by atoms with Crippen molar-refractivity contribution in [1.82, 2.24) is 4.90 Å². The van der Waals surface area contributed by atoms with Gasteiger partial charge in [0.25, 0.3) is 0 Å². The van der Waals surface area contributed by atoms with Crippen LogP contribution in [0, 0.1) is 0 Å². The minimum atomic E-state index is 0.764. The average Bonchev–Trinajstić information content (AvgIpc) is 2.59. The van der Waals surface area contributed by atoms with Crippen molar-refractivity contribution in [2.24, 2.45) is 9.98 Å². The predicted molar refractivity (Wildman–Crippen MR) is 106 cm³/mol. The minimum absolute atomic E-state index is 0.764. The van der Waals surface area contributed by atoms with Crippen LogP contribution < -0.4 is 0 Å². The van der Waals surface area contributed by atoms with E-state index in [2.05, 4.69) is 29.3 Å². The molecule has 2 aromatic carbocycles. The van der Waals surface area contributed by atoms with Gasteiger partial charge in [0.15, 0.2) is 10.3 Å². The number of nitrogens with zero attached hydrogens (tertiary/aromatic N) is 3. The maximum Gasteiger partial charge on any atom is 0.190 e. The van der Waals surface area contributed by atoms with E-state index in [0.29, 0.717) is 0 Å². The molecule has 0 saturated carbocycles. The summed E-state index contributed by atoms with van der Waals surface area (Å²) in [5, 5.41) is 1.72. The van der Waals surface area contributed by atoms with Crippen molar-refractivity contribution in [2.75, 3.05) is 20.4 Å². The second-order valence-corrected chi connectivity index (χ2v) is 6.71. The smallest absolute Gasteiger partial charge is 0.190 e. The SMILES string of the molecule is CSC(=Nc1ccccc1)/N=C(\SCc1ccccc1)N(C)C. The van der Waals surface area contributed by atoms with Gasteiger partial charge in [0.1, 0.15) is 0 Å². The van der Waals surface area contributed by atoms with Crippen molar-refractivity contribution >= 4 is 39.5 Å². The molecular weight excluding hydrogens is 322 g/mol. The first-order chi connectivity index (χ1) is 11.2. The Labute approximate surface area is 146 Å². The van der Waals surface area contributed by atoms with Crippen LogP contribution in [0.5, 0.6) is 0 Å². The third kappa shape index (κ3) is 6.12. The molecule has 0 N–H and O–H groups in total.